The average molecular weight is 365 g/mol. The topological polar surface area (TPSA) is 108 Å². The molecule has 0 unspecified atom stereocenters. The van der Waals surface area contributed by atoms with E-state index in [0.29, 0.717) is 34.1 Å². The molecule has 27 heavy (non-hydrogen) atoms. The van der Waals surface area contributed by atoms with E-state index in [2.05, 4.69) is 10.5 Å². The molecule has 0 radical (unpaired) electrons. The summed E-state index contributed by atoms with van der Waals surface area (Å²) in [7, 11) is 0. The van der Waals surface area contributed by atoms with E-state index >= 15 is 0 Å². The molecule has 0 aliphatic heterocycles. The first-order valence-corrected chi connectivity index (χ1v) is 8.19. The molecule has 0 atom stereocenters. The molecule has 3 rings (SSSR count). The molecular weight excluding hydrogens is 348 g/mol. The van der Waals surface area contributed by atoms with Crippen LogP contribution in [0.2, 0.25) is 0 Å². The molecule has 3 aromatic rings. The third-order valence-electron chi connectivity index (χ3n) is 4.01. The largest absolute Gasteiger partial charge is 0.542 e. The highest BCUT2D eigenvalue weighted by Crippen LogP contribution is 2.22. The number of aryl methyl sites for hydroxylation is 2. The highest BCUT2D eigenvalue weighted by atomic mass is 16.4. The molecule has 0 saturated carbocycles. The number of carboxylic acid groups (broad SMARTS) is 1. The summed E-state index contributed by atoms with van der Waals surface area (Å²) in [5.74, 6) is -0.301. The summed E-state index contributed by atoms with van der Waals surface area (Å²) < 4.78 is 10.6. The first-order valence-electron chi connectivity index (χ1n) is 8.19. The van der Waals surface area contributed by atoms with Gasteiger partial charge in [0.25, 0.3) is 5.91 Å². The van der Waals surface area contributed by atoms with Crippen LogP contribution in [0.25, 0.3) is 11.3 Å². The van der Waals surface area contributed by atoms with Crippen molar-refractivity contribution in [2.24, 2.45) is 5.10 Å². The zero-order valence-electron chi connectivity index (χ0n) is 15.0. The molecule has 1 amide bonds. The van der Waals surface area contributed by atoms with E-state index in [9.17, 15) is 14.7 Å². The fourth-order valence-corrected chi connectivity index (χ4v) is 2.59. The fourth-order valence-electron chi connectivity index (χ4n) is 2.59. The summed E-state index contributed by atoms with van der Waals surface area (Å²) in [5.41, 5.74) is 5.08. The third kappa shape index (κ3) is 3.98. The van der Waals surface area contributed by atoms with Crippen molar-refractivity contribution in [3.05, 3.63) is 70.9 Å². The van der Waals surface area contributed by atoms with Gasteiger partial charge >= 0.3 is 0 Å². The Bertz CT molecular complexity index is 1030. The predicted molar refractivity (Wildman–Crippen MR) is 96.3 cm³/mol. The molecule has 2 aromatic heterocycles. The lowest BCUT2D eigenvalue weighted by molar-refractivity contribution is -0.257. The smallest absolute Gasteiger partial charge is 0.274 e. The van der Waals surface area contributed by atoms with E-state index in [4.69, 9.17) is 8.83 Å². The van der Waals surface area contributed by atoms with Crippen LogP contribution in [0.4, 0.5) is 0 Å². The van der Waals surface area contributed by atoms with Crippen LogP contribution in [-0.2, 0) is 0 Å². The summed E-state index contributed by atoms with van der Waals surface area (Å²) in [6.45, 7) is 5.26. The minimum Gasteiger partial charge on any atom is -0.542 e. The van der Waals surface area contributed by atoms with Gasteiger partial charge in [-0.1, -0.05) is 24.3 Å². The number of furan rings is 2. The van der Waals surface area contributed by atoms with Crippen LogP contribution in [-0.4, -0.2) is 17.6 Å². The minimum absolute atomic E-state index is 0.223. The van der Waals surface area contributed by atoms with E-state index in [1.807, 2.05) is 0 Å². The Kier molecular flexibility index (Phi) is 4.94. The van der Waals surface area contributed by atoms with Crippen LogP contribution in [0, 0.1) is 13.8 Å². The maximum atomic E-state index is 12.2. The minimum atomic E-state index is -1.36. The van der Waals surface area contributed by atoms with Gasteiger partial charge in [0.05, 0.1) is 11.3 Å². The second kappa shape index (κ2) is 7.33. The third-order valence-corrected chi connectivity index (χ3v) is 4.01. The number of carbonyl (C=O) groups excluding carboxylic acids is 2. The van der Waals surface area contributed by atoms with Crippen molar-refractivity contribution in [1.29, 1.82) is 0 Å². The monoisotopic (exact) mass is 365 g/mol. The van der Waals surface area contributed by atoms with Crippen LogP contribution in [0.3, 0.4) is 0 Å². The Labute approximate surface area is 155 Å². The van der Waals surface area contributed by atoms with Gasteiger partial charge in [-0.2, -0.15) is 5.10 Å². The number of nitrogens with zero attached hydrogens (tertiary/aromatic N) is 1. The standard InChI is InChI=1S/C20H18N2O5/c1-11-10-16(13(3)26-11)19(23)22-21-12(2)14-4-6-15(7-5-14)17-8-9-18(27-17)20(24)25/h4-10H,1-3H3,(H,22,23)(H,24,25)/p-1/b21-12-. The van der Waals surface area contributed by atoms with Crippen LogP contribution in [0.1, 0.15) is 44.9 Å². The molecule has 0 fully saturated rings. The highest BCUT2D eigenvalue weighted by Gasteiger charge is 2.13. The maximum Gasteiger partial charge on any atom is 0.274 e. The molecule has 0 aliphatic carbocycles. The Balaban J connectivity index is 1.72. The molecular formula is C20H17N2O5-. The zero-order valence-corrected chi connectivity index (χ0v) is 15.0. The van der Waals surface area contributed by atoms with Crippen molar-refractivity contribution < 1.29 is 23.5 Å². The van der Waals surface area contributed by atoms with E-state index in [-0.39, 0.29) is 11.7 Å². The molecule has 7 heteroatoms. The normalized spacial score (nSPS) is 11.4. The van der Waals surface area contributed by atoms with Crippen LogP contribution in [0.5, 0.6) is 0 Å². The van der Waals surface area contributed by atoms with Crippen LogP contribution >= 0.6 is 0 Å². The van der Waals surface area contributed by atoms with Crippen molar-refractivity contribution in [3.63, 3.8) is 0 Å². The molecule has 138 valence electrons. The van der Waals surface area contributed by atoms with E-state index in [1.54, 1.807) is 57.2 Å². The molecule has 0 aliphatic rings. The van der Waals surface area contributed by atoms with Gasteiger partial charge in [0.2, 0.25) is 0 Å². The fraction of sp³-hybridized carbons (Fsp3) is 0.150. The first kappa shape index (κ1) is 18.2. The second-order valence-corrected chi connectivity index (χ2v) is 5.99. The van der Waals surface area contributed by atoms with Crippen molar-refractivity contribution >= 4 is 17.6 Å². The van der Waals surface area contributed by atoms with E-state index in [0.717, 1.165) is 5.56 Å². The molecule has 0 saturated heterocycles. The molecule has 1 aromatic carbocycles. The van der Waals surface area contributed by atoms with Gasteiger partial charge in [-0.05, 0) is 44.5 Å². The lowest BCUT2D eigenvalue weighted by Crippen LogP contribution is -2.21. The SMILES string of the molecule is C/C(=N/NC(=O)c1cc(C)oc1C)c1ccc(-c2ccc(C(=O)[O-])o2)cc1. The number of carbonyl (C=O) groups is 2. The molecule has 2 heterocycles. The summed E-state index contributed by atoms with van der Waals surface area (Å²) in [6, 6.07) is 11.7. The number of carboxylic acids is 1. The van der Waals surface area contributed by atoms with Gasteiger partial charge in [-0.15, -0.1) is 0 Å². The van der Waals surface area contributed by atoms with Crippen LogP contribution < -0.4 is 10.5 Å². The number of hydrogen-bond acceptors (Lipinski definition) is 6. The summed E-state index contributed by atoms with van der Waals surface area (Å²) in [4.78, 5) is 22.9. The van der Waals surface area contributed by atoms with Gasteiger partial charge in [-0.3, -0.25) is 4.79 Å². The molecule has 0 bridgehead atoms. The lowest BCUT2D eigenvalue weighted by Gasteiger charge is -2.04. The van der Waals surface area contributed by atoms with Crippen molar-refractivity contribution in [2.75, 3.05) is 0 Å². The van der Waals surface area contributed by atoms with Crippen LogP contribution in [0.15, 0.2) is 56.4 Å². The Morgan fingerprint density at radius 2 is 1.74 bits per heavy atom. The summed E-state index contributed by atoms with van der Waals surface area (Å²) in [6.07, 6.45) is 0. The number of nitrogens with one attached hydrogen (secondary N) is 1. The van der Waals surface area contributed by atoms with Crippen molar-refractivity contribution in [3.8, 4) is 11.3 Å². The van der Waals surface area contributed by atoms with Gasteiger partial charge in [-0.25, -0.2) is 5.43 Å². The molecule has 0 spiro atoms. The van der Waals surface area contributed by atoms with E-state index < -0.39 is 5.97 Å². The van der Waals surface area contributed by atoms with Gasteiger partial charge in [0.15, 0.2) is 0 Å². The van der Waals surface area contributed by atoms with Gasteiger partial charge in [0.1, 0.15) is 29.0 Å². The molecule has 1 N–H and O–H groups in total. The zero-order chi connectivity index (χ0) is 19.6. The average Bonchev–Trinajstić information content (AvgIpc) is 3.26. The Hall–Kier alpha value is -3.61. The highest BCUT2D eigenvalue weighted by molar-refractivity contribution is 6.01. The number of aromatic carboxylic acids is 1. The quantitative estimate of drug-likeness (QED) is 0.552. The number of amides is 1. The number of rotatable bonds is 5. The second-order valence-electron chi connectivity index (χ2n) is 5.99. The maximum absolute atomic E-state index is 12.2. The van der Waals surface area contributed by atoms with E-state index in [1.165, 1.54) is 6.07 Å². The summed E-state index contributed by atoms with van der Waals surface area (Å²) in [5, 5.41) is 14.9. The Morgan fingerprint density at radius 1 is 1.04 bits per heavy atom. The number of hydrogen-bond donors (Lipinski definition) is 1. The number of hydrazone groups is 1. The first-order chi connectivity index (χ1) is 12.8. The summed E-state index contributed by atoms with van der Waals surface area (Å²) >= 11 is 0. The predicted octanol–water partition coefficient (Wildman–Crippen LogP) is 2.67. The van der Waals surface area contributed by atoms with Gasteiger partial charge in [0, 0.05) is 5.56 Å². The molecule has 7 nitrogen and oxygen atoms in total. The lowest BCUT2D eigenvalue weighted by atomic mass is 10.1. The van der Waals surface area contributed by atoms with Crippen molar-refractivity contribution in [1.82, 2.24) is 5.43 Å². The Morgan fingerprint density at radius 3 is 2.30 bits per heavy atom. The number of benzene rings is 1. The van der Waals surface area contributed by atoms with Gasteiger partial charge < -0.3 is 18.7 Å². The van der Waals surface area contributed by atoms with Crippen molar-refractivity contribution in [2.45, 2.75) is 20.8 Å².